The fourth-order valence-corrected chi connectivity index (χ4v) is 2.87. The predicted octanol–water partition coefficient (Wildman–Crippen LogP) is 4.54. The number of benzene rings is 3. The van der Waals surface area contributed by atoms with Crippen molar-refractivity contribution < 1.29 is 19.2 Å². The van der Waals surface area contributed by atoms with E-state index in [1.165, 1.54) is 24.4 Å². The molecular weight excluding hydrogens is 422 g/mol. The number of esters is 1. The number of ether oxygens (including phenoxy) is 1. The van der Waals surface area contributed by atoms with Crippen LogP contribution in [0.4, 0.5) is 5.69 Å². The highest BCUT2D eigenvalue weighted by Gasteiger charge is 2.15. The molecule has 0 unspecified atom stereocenters. The molecular formula is C22H16ClN3O5. The fourth-order valence-electron chi connectivity index (χ4n) is 2.65. The number of hydrazone groups is 1. The second kappa shape index (κ2) is 9.64. The van der Waals surface area contributed by atoms with Gasteiger partial charge in [0.15, 0.2) is 0 Å². The van der Waals surface area contributed by atoms with Crippen molar-refractivity contribution in [3.63, 3.8) is 0 Å². The molecule has 0 aliphatic heterocycles. The zero-order valence-corrected chi connectivity index (χ0v) is 17.0. The van der Waals surface area contributed by atoms with Crippen molar-refractivity contribution in [3.8, 4) is 5.75 Å². The topological polar surface area (TPSA) is 111 Å². The molecule has 3 rings (SSSR count). The molecule has 0 radical (unpaired) electrons. The summed E-state index contributed by atoms with van der Waals surface area (Å²) in [5, 5.41) is 15.1. The molecule has 1 amide bonds. The smallest absolute Gasteiger partial charge is 0.343 e. The van der Waals surface area contributed by atoms with Crippen molar-refractivity contribution in [3.05, 3.63) is 104 Å². The van der Waals surface area contributed by atoms with E-state index in [-0.39, 0.29) is 11.3 Å². The first kappa shape index (κ1) is 21.7. The molecule has 8 nitrogen and oxygen atoms in total. The van der Waals surface area contributed by atoms with Gasteiger partial charge >= 0.3 is 5.97 Å². The summed E-state index contributed by atoms with van der Waals surface area (Å²) in [6.07, 6.45) is 1.43. The van der Waals surface area contributed by atoms with Crippen molar-refractivity contribution in [2.75, 3.05) is 0 Å². The average molecular weight is 438 g/mol. The summed E-state index contributed by atoms with van der Waals surface area (Å²) in [6.45, 7) is 1.55. The number of nitrogens with zero attached hydrogens (tertiary/aromatic N) is 2. The van der Waals surface area contributed by atoms with Gasteiger partial charge in [-0.05, 0) is 61.0 Å². The minimum atomic E-state index is -0.633. The Hall–Kier alpha value is -4.04. The Kier molecular flexibility index (Phi) is 6.74. The molecule has 3 aromatic rings. The van der Waals surface area contributed by atoms with Gasteiger partial charge in [0.05, 0.1) is 27.3 Å². The Labute approximate surface area is 182 Å². The van der Waals surface area contributed by atoms with Crippen LogP contribution >= 0.6 is 11.6 Å². The lowest BCUT2D eigenvalue weighted by molar-refractivity contribution is -0.385. The predicted molar refractivity (Wildman–Crippen MR) is 116 cm³/mol. The lowest BCUT2D eigenvalue weighted by Gasteiger charge is -2.06. The first-order valence-electron chi connectivity index (χ1n) is 9.00. The van der Waals surface area contributed by atoms with Crippen LogP contribution in [0.2, 0.25) is 5.02 Å². The molecule has 1 N–H and O–H groups in total. The van der Waals surface area contributed by atoms with Gasteiger partial charge in [-0.1, -0.05) is 23.7 Å². The molecule has 0 saturated carbocycles. The van der Waals surface area contributed by atoms with Gasteiger partial charge in [-0.3, -0.25) is 14.9 Å². The molecule has 0 atom stereocenters. The number of rotatable bonds is 6. The Morgan fingerprint density at radius 3 is 2.45 bits per heavy atom. The van der Waals surface area contributed by atoms with Gasteiger partial charge in [0.25, 0.3) is 11.6 Å². The summed E-state index contributed by atoms with van der Waals surface area (Å²) < 4.78 is 5.29. The number of carbonyl (C=O) groups is 2. The number of hydrogen-bond acceptors (Lipinski definition) is 6. The second-order valence-corrected chi connectivity index (χ2v) is 6.80. The van der Waals surface area contributed by atoms with Gasteiger partial charge in [-0.15, -0.1) is 0 Å². The van der Waals surface area contributed by atoms with E-state index < -0.39 is 16.8 Å². The maximum atomic E-state index is 12.3. The van der Waals surface area contributed by atoms with Crippen molar-refractivity contribution in [2.45, 2.75) is 6.92 Å². The zero-order chi connectivity index (χ0) is 22.4. The summed E-state index contributed by atoms with van der Waals surface area (Å²) in [5.74, 6) is -0.782. The summed E-state index contributed by atoms with van der Waals surface area (Å²) in [7, 11) is 0. The first-order chi connectivity index (χ1) is 14.8. The van der Waals surface area contributed by atoms with Crippen LogP contribution in [0, 0.1) is 17.0 Å². The molecule has 0 aliphatic carbocycles. The molecule has 3 aromatic carbocycles. The van der Waals surface area contributed by atoms with Crippen LogP contribution in [0.5, 0.6) is 5.75 Å². The molecule has 0 fully saturated rings. The number of nitro groups is 1. The third-order valence-electron chi connectivity index (χ3n) is 4.22. The van der Waals surface area contributed by atoms with E-state index in [9.17, 15) is 19.7 Å². The van der Waals surface area contributed by atoms with Gasteiger partial charge in [0, 0.05) is 11.6 Å². The van der Waals surface area contributed by atoms with E-state index >= 15 is 0 Å². The average Bonchev–Trinajstić information content (AvgIpc) is 2.74. The normalized spacial score (nSPS) is 10.6. The van der Waals surface area contributed by atoms with Crippen LogP contribution in [0.15, 0.2) is 71.8 Å². The second-order valence-electron chi connectivity index (χ2n) is 6.40. The lowest BCUT2D eigenvalue weighted by Crippen LogP contribution is -2.17. The minimum Gasteiger partial charge on any atom is -0.423 e. The molecule has 0 saturated heterocycles. The summed E-state index contributed by atoms with van der Waals surface area (Å²) in [5.41, 5.74) is 3.86. The van der Waals surface area contributed by atoms with Crippen molar-refractivity contribution in [1.82, 2.24) is 5.43 Å². The van der Waals surface area contributed by atoms with Crippen molar-refractivity contribution in [2.24, 2.45) is 5.10 Å². The summed E-state index contributed by atoms with van der Waals surface area (Å²) in [6, 6.07) is 17.1. The first-order valence-corrected chi connectivity index (χ1v) is 9.38. The maximum absolute atomic E-state index is 12.3. The van der Waals surface area contributed by atoms with Crippen molar-refractivity contribution >= 4 is 35.4 Å². The number of amides is 1. The zero-order valence-electron chi connectivity index (χ0n) is 16.2. The Morgan fingerprint density at radius 1 is 1.10 bits per heavy atom. The highest BCUT2D eigenvalue weighted by Crippen LogP contribution is 2.20. The van der Waals surface area contributed by atoms with Crippen LogP contribution < -0.4 is 10.2 Å². The SMILES string of the molecule is Cc1cc(C(=O)Oc2ccc(/C=N\NC(=O)c3ccccc3Cl)cc2)ccc1[N+](=O)[O-]. The van der Waals surface area contributed by atoms with Crippen LogP contribution in [0.25, 0.3) is 0 Å². The standard InChI is InChI=1S/C22H16ClN3O5/c1-14-12-16(8-11-20(14)26(29)30)22(28)31-17-9-6-15(7-10-17)13-24-25-21(27)18-4-2-3-5-19(18)23/h2-13H,1H3,(H,25,27)/b24-13-. The number of carbonyl (C=O) groups excluding carboxylic acids is 2. The van der Waals surface area contributed by atoms with Crippen LogP contribution in [0.1, 0.15) is 31.8 Å². The van der Waals surface area contributed by atoms with E-state index in [1.54, 1.807) is 55.5 Å². The van der Waals surface area contributed by atoms with E-state index in [2.05, 4.69) is 10.5 Å². The highest BCUT2D eigenvalue weighted by atomic mass is 35.5. The monoisotopic (exact) mass is 437 g/mol. The summed E-state index contributed by atoms with van der Waals surface area (Å²) >= 11 is 5.96. The number of aryl methyl sites for hydroxylation is 1. The minimum absolute atomic E-state index is 0.0678. The molecule has 0 heterocycles. The molecule has 0 spiro atoms. The van der Waals surface area contributed by atoms with Crippen LogP contribution in [-0.2, 0) is 0 Å². The Balaban J connectivity index is 1.60. The maximum Gasteiger partial charge on any atom is 0.343 e. The third kappa shape index (κ3) is 5.52. The van der Waals surface area contributed by atoms with E-state index in [0.29, 0.717) is 27.5 Å². The van der Waals surface area contributed by atoms with E-state index in [4.69, 9.17) is 16.3 Å². The van der Waals surface area contributed by atoms with E-state index in [1.807, 2.05) is 0 Å². The third-order valence-corrected chi connectivity index (χ3v) is 4.55. The van der Waals surface area contributed by atoms with E-state index in [0.717, 1.165) is 0 Å². The van der Waals surface area contributed by atoms with Crippen molar-refractivity contribution in [1.29, 1.82) is 0 Å². The van der Waals surface area contributed by atoms with Crippen LogP contribution in [-0.4, -0.2) is 23.0 Å². The van der Waals surface area contributed by atoms with Crippen LogP contribution in [0.3, 0.4) is 0 Å². The highest BCUT2D eigenvalue weighted by molar-refractivity contribution is 6.33. The van der Waals surface area contributed by atoms with Gasteiger partial charge in [0.2, 0.25) is 0 Å². The summed E-state index contributed by atoms with van der Waals surface area (Å²) in [4.78, 5) is 34.7. The lowest BCUT2D eigenvalue weighted by atomic mass is 10.1. The molecule has 0 aliphatic rings. The van der Waals surface area contributed by atoms with Gasteiger partial charge < -0.3 is 4.74 Å². The molecule has 0 aromatic heterocycles. The largest absolute Gasteiger partial charge is 0.423 e. The molecule has 9 heteroatoms. The van der Waals surface area contributed by atoms with Gasteiger partial charge in [-0.2, -0.15) is 5.10 Å². The molecule has 0 bridgehead atoms. The quantitative estimate of drug-likeness (QED) is 0.200. The number of nitrogens with one attached hydrogen (secondary N) is 1. The molecule has 156 valence electrons. The van der Waals surface area contributed by atoms with Gasteiger partial charge in [-0.25, -0.2) is 10.2 Å². The van der Waals surface area contributed by atoms with Gasteiger partial charge in [0.1, 0.15) is 5.75 Å². The number of halogens is 1. The number of hydrogen-bond donors (Lipinski definition) is 1. The molecule has 31 heavy (non-hydrogen) atoms. The fraction of sp³-hybridized carbons (Fsp3) is 0.0455. The Morgan fingerprint density at radius 2 is 1.81 bits per heavy atom. The number of nitro benzene ring substituents is 1. The Bertz CT molecular complexity index is 1180.